The Balaban J connectivity index is 1.69. The molecule has 0 unspecified atom stereocenters. The molecule has 1 aromatic rings. The smallest absolute Gasteiger partial charge is 0.327 e. The zero-order valence-electron chi connectivity index (χ0n) is 13.4. The van der Waals surface area contributed by atoms with Crippen molar-refractivity contribution in [1.82, 2.24) is 9.80 Å². The molecule has 3 amide bonds. The van der Waals surface area contributed by atoms with E-state index in [0.717, 1.165) is 12.8 Å². The van der Waals surface area contributed by atoms with Gasteiger partial charge < -0.3 is 9.64 Å². The van der Waals surface area contributed by atoms with E-state index in [2.05, 4.69) is 0 Å². The van der Waals surface area contributed by atoms with Crippen LogP contribution in [0, 0.1) is 5.82 Å². The normalized spacial score (nSPS) is 25.0. The van der Waals surface area contributed by atoms with E-state index in [0.29, 0.717) is 18.7 Å². The van der Waals surface area contributed by atoms with Gasteiger partial charge in [-0.1, -0.05) is 6.92 Å². The molecule has 2 aliphatic heterocycles. The molecule has 1 aromatic carbocycles. The summed E-state index contributed by atoms with van der Waals surface area (Å²) in [6.45, 7) is 4.59. The Morgan fingerprint density at radius 3 is 2.61 bits per heavy atom. The van der Waals surface area contributed by atoms with Crippen LogP contribution in [0.2, 0.25) is 0 Å². The van der Waals surface area contributed by atoms with Gasteiger partial charge in [-0.05, 0) is 50.5 Å². The molecule has 0 aromatic heterocycles. The van der Waals surface area contributed by atoms with Crippen LogP contribution >= 0.6 is 0 Å². The van der Waals surface area contributed by atoms with Crippen molar-refractivity contribution in [2.75, 3.05) is 13.1 Å². The largest absolute Gasteiger partial charge is 0.489 e. The molecule has 0 saturated carbocycles. The third-order valence-electron chi connectivity index (χ3n) is 4.77. The van der Waals surface area contributed by atoms with Crippen molar-refractivity contribution < 1.29 is 18.7 Å². The summed E-state index contributed by atoms with van der Waals surface area (Å²) in [6, 6.07) is 5.48. The molecule has 2 fully saturated rings. The number of fused-ring (bicyclic) bond motifs is 1. The summed E-state index contributed by atoms with van der Waals surface area (Å²) in [4.78, 5) is 28.3. The maximum absolute atomic E-state index is 12.9. The quantitative estimate of drug-likeness (QED) is 0.784. The zero-order valence-corrected chi connectivity index (χ0v) is 13.4. The predicted molar refractivity (Wildman–Crippen MR) is 82.6 cm³/mol. The van der Waals surface area contributed by atoms with Crippen molar-refractivity contribution >= 4 is 11.9 Å². The Hall–Kier alpha value is -2.11. The molecule has 0 radical (unpaired) electrons. The van der Waals surface area contributed by atoms with Gasteiger partial charge >= 0.3 is 6.03 Å². The lowest BCUT2D eigenvalue weighted by Crippen LogP contribution is -2.45. The fourth-order valence-corrected chi connectivity index (χ4v) is 3.58. The molecule has 2 saturated heterocycles. The van der Waals surface area contributed by atoms with E-state index in [1.807, 2.05) is 6.92 Å². The fourth-order valence-electron chi connectivity index (χ4n) is 3.58. The number of imide groups is 1. The number of halogens is 1. The summed E-state index contributed by atoms with van der Waals surface area (Å²) >= 11 is 0. The predicted octanol–water partition coefficient (Wildman–Crippen LogP) is 2.80. The minimum absolute atomic E-state index is 0.114. The molecule has 23 heavy (non-hydrogen) atoms. The number of carbonyl (C=O) groups is 2. The van der Waals surface area contributed by atoms with E-state index >= 15 is 0 Å². The topological polar surface area (TPSA) is 49.9 Å². The van der Waals surface area contributed by atoms with Crippen molar-refractivity contribution in [3.05, 3.63) is 30.1 Å². The number of nitrogens with zero attached hydrogens (tertiary/aromatic N) is 2. The highest BCUT2D eigenvalue weighted by molar-refractivity contribution is 6.07. The summed E-state index contributed by atoms with van der Waals surface area (Å²) in [7, 11) is 0. The van der Waals surface area contributed by atoms with E-state index < -0.39 is 5.54 Å². The van der Waals surface area contributed by atoms with Crippen molar-refractivity contribution in [3.63, 3.8) is 0 Å². The molecule has 2 heterocycles. The second-order valence-electron chi connectivity index (χ2n) is 6.22. The lowest BCUT2D eigenvalue weighted by molar-refractivity contribution is -0.133. The zero-order chi connectivity index (χ0) is 16.6. The van der Waals surface area contributed by atoms with Crippen LogP contribution in [-0.4, -0.2) is 46.5 Å². The third-order valence-corrected chi connectivity index (χ3v) is 4.77. The van der Waals surface area contributed by atoms with Crippen LogP contribution in [0.15, 0.2) is 24.3 Å². The van der Waals surface area contributed by atoms with Gasteiger partial charge in [0, 0.05) is 6.54 Å². The number of hydrogen-bond acceptors (Lipinski definition) is 3. The Kier molecular flexibility index (Phi) is 4.00. The number of hydrogen-bond donors (Lipinski definition) is 0. The lowest BCUT2D eigenvalue weighted by Gasteiger charge is -2.26. The van der Waals surface area contributed by atoms with E-state index in [1.165, 1.54) is 29.2 Å². The van der Waals surface area contributed by atoms with Crippen molar-refractivity contribution in [1.29, 1.82) is 0 Å². The summed E-state index contributed by atoms with van der Waals surface area (Å²) in [5, 5.41) is 0. The average Bonchev–Trinajstić information content (AvgIpc) is 3.05. The summed E-state index contributed by atoms with van der Waals surface area (Å²) in [5.74, 6) is 0.0705. The van der Waals surface area contributed by atoms with Crippen LogP contribution in [-0.2, 0) is 4.79 Å². The van der Waals surface area contributed by atoms with E-state index in [1.54, 1.807) is 11.8 Å². The van der Waals surface area contributed by atoms with Gasteiger partial charge in [-0.2, -0.15) is 0 Å². The first-order chi connectivity index (χ1) is 11.0. The van der Waals surface area contributed by atoms with Crippen molar-refractivity contribution in [2.45, 2.75) is 44.8 Å². The number of ether oxygens (including phenoxy) is 1. The molecular formula is C17H21FN2O3. The van der Waals surface area contributed by atoms with Gasteiger partial charge in [0.15, 0.2) is 0 Å². The molecule has 2 atom stereocenters. The van der Waals surface area contributed by atoms with Crippen LogP contribution in [0.1, 0.15) is 33.1 Å². The summed E-state index contributed by atoms with van der Waals surface area (Å²) in [6.07, 6.45) is 1.89. The maximum Gasteiger partial charge on any atom is 0.327 e. The molecule has 5 nitrogen and oxygen atoms in total. The number of rotatable bonds is 5. The molecule has 6 heteroatoms. The second kappa shape index (κ2) is 5.83. The van der Waals surface area contributed by atoms with Crippen LogP contribution in [0.4, 0.5) is 9.18 Å². The Morgan fingerprint density at radius 2 is 2.00 bits per heavy atom. The first kappa shape index (κ1) is 15.8. The van der Waals surface area contributed by atoms with Crippen molar-refractivity contribution in [3.8, 4) is 5.75 Å². The van der Waals surface area contributed by atoms with Crippen LogP contribution in [0.3, 0.4) is 0 Å². The molecule has 0 spiro atoms. The maximum atomic E-state index is 12.9. The highest BCUT2D eigenvalue weighted by Crippen LogP contribution is 2.40. The Morgan fingerprint density at radius 1 is 1.30 bits per heavy atom. The number of amides is 3. The van der Waals surface area contributed by atoms with E-state index in [4.69, 9.17) is 4.74 Å². The Labute approximate surface area is 135 Å². The number of carbonyl (C=O) groups excluding carboxylic acids is 2. The second-order valence-corrected chi connectivity index (χ2v) is 6.22. The van der Waals surface area contributed by atoms with E-state index in [9.17, 15) is 14.0 Å². The number of benzene rings is 1. The molecule has 124 valence electrons. The van der Waals surface area contributed by atoms with Crippen molar-refractivity contribution in [2.24, 2.45) is 0 Å². The van der Waals surface area contributed by atoms with Crippen LogP contribution < -0.4 is 4.74 Å². The molecule has 0 N–H and O–H groups in total. The molecule has 0 aliphatic carbocycles. The van der Waals surface area contributed by atoms with Gasteiger partial charge in [0.25, 0.3) is 5.91 Å². The van der Waals surface area contributed by atoms with Gasteiger partial charge in [0.2, 0.25) is 0 Å². The van der Waals surface area contributed by atoms with Gasteiger partial charge in [0.05, 0.1) is 6.54 Å². The van der Waals surface area contributed by atoms with E-state index in [-0.39, 0.29) is 30.4 Å². The number of urea groups is 1. The third kappa shape index (κ3) is 2.56. The minimum Gasteiger partial charge on any atom is -0.489 e. The van der Waals surface area contributed by atoms with Gasteiger partial charge in [-0.3, -0.25) is 9.69 Å². The standard InChI is InChI=1S/C17H21FN2O3/c1-3-17-9-4-10-20(17)16(22)19(15(17)21)11-12(2)23-14-7-5-13(18)6-8-14/h5-8,12H,3-4,9-11H2,1-2H3/t12-,17-/m0/s1. The fraction of sp³-hybridized carbons (Fsp3) is 0.529. The van der Waals surface area contributed by atoms with Gasteiger partial charge in [-0.25, -0.2) is 9.18 Å². The molecule has 0 bridgehead atoms. The van der Waals surface area contributed by atoms with Gasteiger partial charge in [0.1, 0.15) is 23.2 Å². The summed E-state index contributed by atoms with van der Waals surface area (Å²) < 4.78 is 18.6. The van der Waals surface area contributed by atoms with Gasteiger partial charge in [-0.15, -0.1) is 0 Å². The molecule has 3 rings (SSSR count). The first-order valence-corrected chi connectivity index (χ1v) is 8.04. The average molecular weight is 320 g/mol. The Bertz CT molecular complexity index is 619. The molecule has 2 aliphatic rings. The van der Waals surface area contributed by atoms with Crippen LogP contribution in [0.5, 0.6) is 5.75 Å². The SMILES string of the molecule is CC[C@@]12CCCN1C(=O)N(C[C@H](C)Oc1ccc(F)cc1)C2=O. The molecular weight excluding hydrogens is 299 g/mol. The highest BCUT2D eigenvalue weighted by Gasteiger charge is 2.58. The monoisotopic (exact) mass is 320 g/mol. The minimum atomic E-state index is -0.646. The lowest BCUT2D eigenvalue weighted by atomic mass is 9.93. The van der Waals surface area contributed by atoms with Crippen LogP contribution in [0.25, 0.3) is 0 Å². The first-order valence-electron chi connectivity index (χ1n) is 8.04. The summed E-state index contributed by atoms with van der Waals surface area (Å²) in [5.41, 5.74) is -0.646. The highest BCUT2D eigenvalue weighted by atomic mass is 19.1.